The lowest BCUT2D eigenvalue weighted by molar-refractivity contribution is -0.384. The van der Waals surface area contributed by atoms with Crippen LogP contribution in [0.15, 0.2) is 42.5 Å². The van der Waals surface area contributed by atoms with Gasteiger partial charge < -0.3 is 26.4 Å². The Balaban J connectivity index is 1.66. The van der Waals surface area contributed by atoms with Crippen molar-refractivity contribution in [1.29, 1.82) is 0 Å². The molecule has 10 nitrogen and oxygen atoms in total. The number of nitro benzene ring substituents is 1. The van der Waals surface area contributed by atoms with Gasteiger partial charge in [-0.05, 0) is 31.0 Å². The zero-order valence-electron chi connectivity index (χ0n) is 17.6. The van der Waals surface area contributed by atoms with Gasteiger partial charge in [0.2, 0.25) is 5.91 Å². The first kappa shape index (κ1) is 23.0. The Kier molecular flexibility index (Phi) is 7.98. The molecule has 10 heteroatoms. The lowest BCUT2D eigenvalue weighted by atomic mass is 10.1. The van der Waals surface area contributed by atoms with E-state index in [0.717, 1.165) is 25.7 Å². The van der Waals surface area contributed by atoms with E-state index in [2.05, 4.69) is 21.3 Å². The van der Waals surface area contributed by atoms with Gasteiger partial charge in [0, 0.05) is 24.7 Å². The Morgan fingerprint density at radius 3 is 2.50 bits per heavy atom. The molecule has 0 aliphatic heterocycles. The van der Waals surface area contributed by atoms with Crippen LogP contribution in [-0.4, -0.2) is 47.6 Å². The van der Waals surface area contributed by atoms with Crippen molar-refractivity contribution >= 4 is 34.6 Å². The number of carbonyl (C=O) groups excluding carboxylic acids is 2. The number of anilines is 3. The summed E-state index contributed by atoms with van der Waals surface area (Å²) in [6, 6.07) is 11.1. The lowest BCUT2D eigenvalue weighted by Crippen LogP contribution is -2.33. The Morgan fingerprint density at radius 1 is 1.03 bits per heavy atom. The highest BCUT2D eigenvalue weighted by atomic mass is 16.6. The first-order valence-corrected chi connectivity index (χ1v) is 10.5. The quantitative estimate of drug-likeness (QED) is 0.281. The fraction of sp³-hybridized carbons (Fsp3) is 0.364. The summed E-state index contributed by atoms with van der Waals surface area (Å²) in [6.07, 6.45) is 4.11. The second-order valence-corrected chi connectivity index (χ2v) is 7.54. The summed E-state index contributed by atoms with van der Waals surface area (Å²) >= 11 is 0. The van der Waals surface area contributed by atoms with Crippen molar-refractivity contribution in [3.05, 3.63) is 58.1 Å². The zero-order chi connectivity index (χ0) is 22.9. The zero-order valence-corrected chi connectivity index (χ0v) is 17.6. The topological polar surface area (TPSA) is 146 Å². The molecule has 2 aromatic rings. The number of nitrogens with zero attached hydrogens (tertiary/aromatic N) is 1. The molecule has 5 N–H and O–H groups in total. The number of hydrogen-bond acceptors (Lipinski definition) is 7. The van der Waals surface area contributed by atoms with E-state index in [4.69, 9.17) is 5.11 Å². The third-order valence-corrected chi connectivity index (χ3v) is 5.22. The molecular formula is C22H27N5O5. The summed E-state index contributed by atoms with van der Waals surface area (Å²) in [5.41, 5.74) is 1.53. The maximum Gasteiger partial charge on any atom is 0.271 e. The van der Waals surface area contributed by atoms with Crippen LogP contribution in [0.2, 0.25) is 0 Å². The molecule has 0 atom stereocenters. The number of aliphatic hydroxyl groups excluding tert-OH is 1. The summed E-state index contributed by atoms with van der Waals surface area (Å²) in [5, 5.41) is 31.7. The number of aliphatic hydroxyl groups is 1. The molecule has 1 fully saturated rings. The van der Waals surface area contributed by atoms with Crippen LogP contribution in [0.3, 0.4) is 0 Å². The minimum atomic E-state index is -0.528. The van der Waals surface area contributed by atoms with Crippen LogP contribution in [0.25, 0.3) is 0 Å². The van der Waals surface area contributed by atoms with Gasteiger partial charge >= 0.3 is 0 Å². The van der Waals surface area contributed by atoms with E-state index in [1.54, 1.807) is 24.3 Å². The van der Waals surface area contributed by atoms with Crippen molar-refractivity contribution in [2.75, 3.05) is 35.6 Å². The van der Waals surface area contributed by atoms with E-state index in [1.807, 2.05) is 0 Å². The molecule has 170 valence electrons. The molecule has 2 aromatic carbocycles. The Labute approximate surface area is 185 Å². The molecule has 0 radical (unpaired) electrons. The number of para-hydroxylation sites is 1. The molecule has 1 saturated carbocycles. The summed E-state index contributed by atoms with van der Waals surface area (Å²) in [6.45, 7) is -0.0354. The molecule has 3 rings (SSSR count). The molecule has 1 aliphatic carbocycles. The molecular weight excluding hydrogens is 414 g/mol. The molecule has 0 bridgehead atoms. The van der Waals surface area contributed by atoms with Gasteiger partial charge in [-0.25, -0.2) is 0 Å². The number of nitrogens with one attached hydrogen (secondary N) is 4. The normalized spacial score (nSPS) is 13.4. The predicted octanol–water partition coefficient (Wildman–Crippen LogP) is 2.72. The molecule has 2 amide bonds. The van der Waals surface area contributed by atoms with Crippen molar-refractivity contribution in [1.82, 2.24) is 5.32 Å². The SMILES string of the molecule is O=C(CNc1cc([N+](=O)[O-])ccc1NCCO)Nc1ccccc1C(=O)NC1CCCC1. The van der Waals surface area contributed by atoms with E-state index in [-0.39, 0.29) is 37.3 Å². The third kappa shape index (κ3) is 6.17. The van der Waals surface area contributed by atoms with Gasteiger partial charge in [-0.1, -0.05) is 25.0 Å². The van der Waals surface area contributed by atoms with E-state index >= 15 is 0 Å². The van der Waals surface area contributed by atoms with Crippen LogP contribution < -0.4 is 21.3 Å². The van der Waals surface area contributed by atoms with Gasteiger partial charge in [0.1, 0.15) is 0 Å². The van der Waals surface area contributed by atoms with Crippen LogP contribution in [-0.2, 0) is 4.79 Å². The van der Waals surface area contributed by atoms with Gasteiger partial charge in [-0.3, -0.25) is 19.7 Å². The molecule has 0 heterocycles. The number of rotatable bonds is 10. The molecule has 32 heavy (non-hydrogen) atoms. The fourth-order valence-corrected chi connectivity index (χ4v) is 3.63. The van der Waals surface area contributed by atoms with Crippen LogP contribution in [0, 0.1) is 10.1 Å². The Morgan fingerprint density at radius 2 is 1.78 bits per heavy atom. The maximum atomic E-state index is 12.7. The number of amides is 2. The summed E-state index contributed by atoms with van der Waals surface area (Å²) in [7, 11) is 0. The van der Waals surface area contributed by atoms with Crippen molar-refractivity contribution < 1.29 is 19.6 Å². The molecule has 0 saturated heterocycles. The fourth-order valence-electron chi connectivity index (χ4n) is 3.63. The first-order valence-electron chi connectivity index (χ1n) is 10.5. The van der Waals surface area contributed by atoms with Gasteiger partial charge in [-0.15, -0.1) is 0 Å². The van der Waals surface area contributed by atoms with Gasteiger partial charge in [0.05, 0.1) is 40.7 Å². The monoisotopic (exact) mass is 441 g/mol. The summed E-state index contributed by atoms with van der Waals surface area (Å²) < 4.78 is 0. The van der Waals surface area contributed by atoms with Crippen LogP contribution in [0.4, 0.5) is 22.7 Å². The van der Waals surface area contributed by atoms with Gasteiger partial charge in [0.15, 0.2) is 0 Å². The number of nitro groups is 1. The van der Waals surface area contributed by atoms with E-state index in [1.165, 1.54) is 18.2 Å². The van der Waals surface area contributed by atoms with Gasteiger partial charge in [-0.2, -0.15) is 0 Å². The van der Waals surface area contributed by atoms with Crippen LogP contribution in [0.5, 0.6) is 0 Å². The van der Waals surface area contributed by atoms with Gasteiger partial charge in [0.25, 0.3) is 11.6 Å². The molecule has 1 aliphatic rings. The summed E-state index contributed by atoms with van der Waals surface area (Å²) in [4.78, 5) is 35.8. The second-order valence-electron chi connectivity index (χ2n) is 7.54. The van der Waals surface area contributed by atoms with E-state index in [9.17, 15) is 19.7 Å². The number of non-ortho nitro benzene ring substituents is 1. The first-order chi connectivity index (χ1) is 15.5. The Bertz CT molecular complexity index is 975. The van der Waals surface area contributed by atoms with Crippen LogP contribution in [0.1, 0.15) is 36.0 Å². The predicted molar refractivity (Wildman–Crippen MR) is 122 cm³/mol. The number of benzene rings is 2. The van der Waals surface area contributed by atoms with Crippen LogP contribution >= 0.6 is 0 Å². The lowest BCUT2D eigenvalue weighted by Gasteiger charge is -2.16. The summed E-state index contributed by atoms with van der Waals surface area (Å²) in [5.74, 6) is -0.638. The average Bonchev–Trinajstić information content (AvgIpc) is 3.29. The van der Waals surface area contributed by atoms with Crippen molar-refractivity contribution in [2.45, 2.75) is 31.7 Å². The van der Waals surface area contributed by atoms with E-state index < -0.39 is 10.8 Å². The second kappa shape index (κ2) is 11.1. The highest BCUT2D eigenvalue weighted by Crippen LogP contribution is 2.27. The molecule has 0 aromatic heterocycles. The van der Waals surface area contributed by atoms with Crippen molar-refractivity contribution in [3.8, 4) is 0 Å². The number of hydrogen-bond donors (Lipinski definition) is 5. The van der Waals surface area contributed by atoms with E-state index in [0.29, 0.717) is 22.6 Å². The maximum absolute atomic E-state index is 12.7. The molecule has 0 unspecified atom stereocenters. The largest absolute Gasteiger partial charge is 0.395 e. The highest BCUT2D eigenvalue weighted by Gasteiger charge is 2.20. The minimum Gasteiger partial charge on any atom is -0.395 e. The standard InChI is InChI=1S/C22H27N5O5/c28-12-11-23-19-10-9-16(27(31)32)13-20(19)24-14-21(29)26-18-8-4-3-7-17(18)22(30)25-15-5-1-2-6-15/h3-4,7-10,13,15,23-24,28H,1-2,5-6,11-12,14H2,(H,25,30)(H,26,29). The smallest absolute Gasteiger partial charge is 0.271 e. The average molecular weight is 441 g/mol. The molecule has 0 spiro atoms. The highest BCUT2D eigenvalue weighted by molar-refractivity contribution is 6.04. The van der Waals surface area contributed by atoms with Crippen molar-refractivity contribution in [3.63, 3.8) is 0 Å². The minimum absolute atomic E-state index is 0.114. The number of carbonyl (C=O) groups is 2. The third-order valence-electron chi connectivity index (χ3n) is 5.22. The van der Waals surface area contributed by atoms with Crippen molar-refractivity contribution in [2.24, 2.45) is 0 Å². The Hall–Kier alpha value is -3.66.